The first kappa shape index (κ1) is 21.3. The lowest BCUT2D eigenvalue weighted by atomic mass is 10.0. The third-order valence-corrected chi connectivity index (χ3v) is 6.53. The van der Waals surface area contributed by atoms with Crippen LogP contribution in [0, 0.1) is 0 Å². The van der Waals surface area contributed by atoms with Crippen molar-refractivity contribution >= 4 is 23.7 Å². The second kappa shape index (κ2) is 9.16. The van der Waals surface area contributed by atoms with Crippen LogP contribution in [0.5, 0.6) is 0 Å². The van der Waals surface area contributed by atoms with Gasteiger partial charge in [-0.1, -0.05) is 31.2 Å². The Morgan fingerprint density at radius 1 is 1.09 bits per heavy atom. The molecule has 1 amide bonds. The summed E-state index contributed by atoms with van der Waals surface area (Å²) in [6, 6.07) is 16.2. The van der Waals surface area contributed by atoms with Gasteiger partial charge in [-0.3, -0.25) is 9.59 Å². The molecular formula is C27H28N4O2. The fraction of sp³-hybridized carbons (Fsp3) is 0.296. The summed E-state index contributed by atoms with van der Waals surface area (Å²) in [5, 5.41) is 3.31. The number of hydrogen-bond donors (Lipinski definition) is 1. The van der Waals surface area contributed by atoms with Gasteiger partial charge in [0, 0.05) is 43.6 Å². The molecule has 2 aliphatic rings. The molecule has 6 nitrogen and oxygen atoms in total. The molecule has 0 saturated carbocycles. The van der Waals surface area contributed by atoms with Crippen LogP contribution in [0.3, 0.4) is 0 Å². The van der Waals surface area contributed by atoms with Crippen LogP contribution < -0.4 is 10.2 Å². The fourth-order valence-electron chi connectivity index (χ4n) is 4.78. The van der Waals surface area contributed by atoms with E-state index in [1.54, 1.807) is 6.20 Å². The van der Waals surface area contributed by atoms with Gasteiger partial charge in [0.1, 0.15) is 12.1 Å². The predicted molar refractivity (Wildman–Crippen MR) is 129 cm³/mol. The standard InChI is InChI=1S/C27H28N4O2/c1-2-28-14-23-13-25(10-9-22(23)18-32)31-11-5-8-19-12-24(15-29-26(19)31)27(33)30-16-20-6-3-4-7-21(20)17-30/h3-4,6-7,9-10,12-13,15,18,28H,2,5,8,11,14,16-17H2,1H3. The Labute approximate surface area is 194 Å². The summed E-state index contributed by atoms with van der Waals surface area (Å²) in [6.45, 7) is 5.70. The van der Waals surface area contributed by atoms with Crippen molar-refractivity contribution < 1.29 is 9.59 Å². The predicted octanol–water partition coefficient (Wildman–Crippen LogP) is 4.24. The summed E-state index contributed by atoms with van der Waals surface area (Å²) in [6.07, 6.45) is 4.51. The summed E-state index contributed by atoms with van der Waals surface area (Å²) in [5.41, 5.74) is 6.89. The Morgan fingerprint density at radius 3 is 2.61 bits per heavy atom. The quantitative estimate of drug-likeness (QED) is 0.581. The lowest BCUT2D eigenvalue weighted by Gasteiger charge is -2.31. The van der Waals surface area contributed by atoms with Crippen LogP contribution in [-0.4, -0.2) is 35.2 Å². The first-order valence-corrected chi connectivity index (χ1v) is 11.6. The van der Waals surface area contributed by atoms with E-state index in [2.05, 4.69) is 35.3 Å². The van der Waals surface area contributed by atoms with Gasteiger partial charge in [0.2, 0.25) is 0 Å². The second-order valence-corrected chi connectivity index (χ2v) is 8.67. The number of nitrogens with zero attached hydrogens (tertiary/aromatic N) is 3. The molecule has 1 N–H and O–H groups in total. The molecule has 2 aliphatic heterocycles. The maximum Gasteiger partial charge on any atom is 0.256 e. The SMILES string of the molecule is CCNCc1cc(N2CCCc3cc(C(=O)N4Cc5ccccc5C4)cnc32)ccc1C=O. The highest BCUT2D eigenvalue weighted by molar-refractivity contribution is 5.95. The van der Waals surface area contributed by atoms with E-state index in [1.807, 2.05) is 35.2 Å². The molecule has 168 valence electrons. The highest BCUT2D eigenvalue weighted by Gasteiger charge is 2.26. The third kappa shape index (κ3) is 4.14. The first-order valence-electron chi connectivity index (χ1n) is 11.6. The third-order valence-electron chi connectivity index (χ3n) is 6.53. The van der Waals surface area contributed by atoms with Crippen LogP contribution in [0.4, 0.5) is 11.5 Å². The monoisotopic (exact) mass is 440 g/mol. The topological polar surface area (TPSA) is 65.5 Å². The molecule has 6 heteroatoms. The molecule has 0 bridgehead atoms. The minimum atomic E-state index is 0.0295. The smallest absolute Gasteiger partial charge is 0.256 e. The molecule has 3 heterocycles. The zero-order chi connectivity index (χ0) is 22.8. The largest absolute Gasteiger partial charge is 0.330 e. The summed E-state index contributed by atoms with van der Waals surface area (Å²) < 4.78 is 0. The Balaban J connectivity index is 1.40. The van der Waals surface area contributed by atoms with Crippen LogP contribution in [0.2, 0.25) is 0 Å². The number of pyridine rings is 1. The number of aldehydes is 1. The Bertz CT molecular complexity index is 1180. The summed E-state index contributed by atoms with van der Waals surface area (Å²) in [4.78, 5) is 33.5. The van der Waals surface area contributed by atoms with Crippen molar-refractivity contribution in [1.29, 1.82) is 0 Å². The number of benzene rings is 2. The number of carbonyl (C=O) groups excluding carboxylic acids is 2. The second-order valence-electron chi connectivity index (χ2n) is 8.67. The molecule has 0 atom stereocenters. The minimum absolute atomic E-state index is 0.0295. The van der Waals surface area contributed by atoms with Crippen molar-refractivity contribution in [2.45, 2.75) is 39.4 Å². The van der Waals surface area contributed by atoms with E-state index >= 15 is 0 Å². The highest BCUT2D eigenvalue weighted by Crippen LogP contribution is 2.34. The number of carbonyl (C=O) groups is 2. The van der Waals surface area contributed by atoms with Gasteiger partial charge in [-0.25, -0.2) is 4.98 Å². The van der Waals surface area contributed by atoms with Crippen LogP contribution in [0.25, 0.3) is 0 Å². The van der Waals surface area contributed by atoms with Gasteiger partial charge in [0.25, 0.3) is 5.91 Å². The number of aromatic nitrogens is 1. The fourth-order valence-corrected chi connectivity index (χ4v) is 4.78. The van der Waals surface area contributed by atoms with Crippen LogP contribution >= 0.6 is 0 Å². The van der Waals surface area contributed by atoms with E-state index in [1.165, 1.54) is 11.1 Å². The number of aryl methyl sites for hydroxylation is 1. The Hall–Kier alpha value is -3.51. The molecule has 0 fully saturated rings. The molecular weight excluding hydrogens is 412 g/mol. The van der Waals surface area contributed by atoms with Crippen molar-refractivity contribution in [3.63, 3.8) is 0 Å². The number of anilines is 2. The van der Waals surface area contributed by atoms with Gasteiger partial charge in [0.15, 0.2) is 0 Å². The van der Waals surface area contributed by atoms with E-state index in [4.69, 9.17) is 4.98 Å². The average molecular weight is 441 g/mol. The molecule has 0 unspecified atom stereocenters. The van der Waals surface area contributed by atoms with Crippen molar-refractivity contribution in [1.82, 2.24) is 15.2 Å². The zero-order valence-corrected chi connectivity index (χ0v) is 18.9. The number of fused-ring (bicyclic) bond motifs is 2. The van der Waals surface area contributed by atoms with Crippen molar-refractivity contribution in [2.75, 3.05) is 18.0 Å². The zero-order valence-electron chi connectivity index (χ0n) is 18.9. The molecule has 33 heavy (non-hydrogen) atoms. The van der Waals surface area contributed by atoms with Gasteiger partial charge < -0.3 is 15.1 Å². The molecule has 1 aromatic heterocycles. The Kier molecular flexibility index (Phi) is 5.92. The minimum Gasteiger partial charge on any atom is -0.330 e. The van der Waals surface area contributed by atoms with E-state index in [9.17, 15) is 9.59 Å². The molecule has 0 radical (unpaired) electrons. The van der Waals surface area contributed by atoms with Crippen LogP contribution in [-0.2, 0) is 26.1 Å². The number of nitrogens with one attached hydrogen (secondary N) is 1. The van der Waals surface area contributed by atoms with Gasteiger partial charge in [-0.2, -0.15) is 0 Å². The summed E-state index contributed by atoms with van der Waals surface area (Å²) in [5.74, 6) is 0.928. The summed E-state index contributed by atoms with van der Waals surface area (Å²) in [7, 11) is 0. The van der Waals surface area contributed by atoms with Crippen molar-refractivity contribution in [3.8, 4) is 0 Å². The lowest BCUT2D eigenvalue weighted by Crippen LogP contribution is -2.28. The van der Waals surface area contributed by atoms with Crippen molar-refractivity contribution in [2.24, 2.45) is 0 Å². The lowest BCUT2D eigenvalue weighted by molar-refractivity contribution is 0.0750. The van der Waals surface area contributed by atoms with Gasteiger partial charge in [-0.05, 0) is 65.9 Å². The number of amides is 1. The molecule has 0 saturated heterocycles. The van der Waals surface area contributed by atoms with E-state index in [0.717, 1.165) is 54.8 Å². The Morgan fingerprint density at radius 2 is 1.88 bits per heavy atom. The number of rotatable bonds is 6. The van der Waals surface area contributed by atoms with Gasteiger partial charge >= 0.3 is 0 Å². The van der Waals surface area contributed by atoms with E-state index < -0.39 is 0 Å². The highest BCUT2D eigenvalue weighted by atomic mass is 16.2. The van der Waals surface area contributed by atoms with Crippen LogP contribution in [0.15, 0.2) is 54.7 Å². The first-order chi connectivity index (χ1) is 16.2. The molecule has 0 spiro atoms. The average Bonchev–Trinajstić information content (AvgIpc) is 3.30. The normalized spacial score (nSPS) is 14.7. The molecule has 3 aromatic rings. The molecule has 2 aromatic carbocycles. The van der Waals surface area contributed by atoms with Gasteiger partial charge in [-0.15, -0.1) is 0 Å². The van der Waals surface area contributed by atoms with E-state index in [0.29, 0.717) is 30.8 Å². The molecule has 0 aliphatic carbocycles. The van der Waals surface area contributed by atoms with Crippen LogP contribution in [0.1, 0.15) is 56.3 Å². The number of hydrogen-bond acceptors (Lipinski definition) is 5. The van der Waals surface area contributed by atoms with Gasteiger partial charge in [0.05, 0.1) is 5.56 Å². The molecule has 5 rings (SSSR count). The van der Waals surface area contributed by atoms with Crippen molar-refractivity contribution in [3.05, 3.63) is 88.1 Å². The maximum atomic E-state index is 13.2. The maximum absolute atomic E-state index is 13.2. The summed E-state index contributed by atoms with van der Waals surface area (Å²) >= 11 is 0. The van der Waals surface area contributed by atoms with E-state index in [-0.39, 0.29) is 5.91 Å².